The molecule has 0 aliphatic heterocycles. The van der Waals surface area contributed by atoms with Gasteiger partial charge in [0.2, 0.25) is 0 Å². The number of ether oxygens (including phenoxy) is 1. The number of anilines is 1. The normalized spacial score (nSPS) is 11.4. The molecule has 0 saturated carbocycles. The molecule has 0 aliphatic rings. The van der Waals surface area contributed by atoms with Crippen molar-refractivity contribution in [2.45, 2.75) is 40.7 Å². The highest BCUT2D eigenvalue weighted by atomic mass is 16.5. The number of nitrogens with one attached hydrogen (secondary N) is 1. The van der Waals surface area contributed by atoms with E-state index in [0.717, 1.165) is 22.4 Å². The number of hydrogen-bond donors (Lipinski definition) is 1. The summed E-state index contributed by atoms with van der Waals surface area (Å²) in [5, 5.41) is 2.80. The number of benzene rings is 1. The molecule has 0 bridgehead atoms. The van der Waals surface area contributed by atoms with Gasteiger partial charge in [0.25, 0.3) is 5.91 Å². The molecule has 0 heterocycles. The molecule has 108 valence electrons. The lowest BCUT2D eigenvalue weighted by molar-refractivity contribution is -0.148. The Balaban J connectivity index is 2.72. The third-order valence-electron chi connectivity index (χ3n) is 2.80. The predicted molar refractivity (Wildman–Crippen MR) is 79.5 cm³/mol. The van der Waals surface area contributed by atoms with E-state index in [4.69, 9.17) is 4.74 Å². The first-order valence-corrected chi connectivity index (χ1v) is 6.54. The van der Waals surface area contributed by atoms with E-state index in [9.17, 15) is 9.59 Å². The summed E-state index contributed by atoms with van der Waals surface area (Å²) in [4.78, 5) is 23.5. The maximum Gasteiger partial charge on any atom is 0.331 e. The molecule has 1 aromatic rings. The zero-order valence-corrected chi connectivity index (χ0v) is 12.6. The number of rotatable bonds is 4. The molecule has 0 radical (unpaired) electrons. The zero-order valence-electron chi connectivity index (χ0n) is 12.6. The summed E-state index contributed by atoms with van der Waals surface area (Å²) in [6.45, 7) is 8.98. The molecule has 0 fully saturated rings. The number of amides is 1. The van der Waals surface area contributed by atoms with Crippen molar-refractivity contribution in [2.24, 2.45) is 0 Å². The Kier molecular flexibility index (Phi) is 5.50. The number of aryl methyl sites for hydroxylation is 2. The van der Waals surface area contributed by atoms with Gasteiger partial charge in [-0.1, -0.05) is 23.8 Å². The second-order valence-electron chi connectivity index (χ2n) is 5.06. The van der Waals surface area contributed by atoms with E-state index in [0.29, 0.717) is 0 Å². The molecule has 1 rings (SSSR count). The summed E-state index contributed by atoms with van der Waals surface area (Å²) in [5.41, 5.74) is 3.54. The van der Waals surface area contributed by atoms with Crippen LogP contribution in [-0.4, -0.2) is 18.0 Å². The first-order valence-electron chi connectivity index (χ1n) is 6.54. The van der Waals surface area contributed by atoms with Crippen molar-refractivity contribution in [1.29, 1.82) is 0 Å². The molecule has 0 aliphatic carbocycles. The van der Waals surface area contributed by atoms with Crippen LogP contribution in [0.1, 0.15) is 31.9 Å². The number of esters is 1. The van der Waals surface area contributed by atoms with E-state index < -0.39 is 12.1 Å². The van der Waals surface area contributed by atoms with Crippen LogP contribution in [0.2, 0.25) is 0 Å². The van der Waals surface area contributed by atoms with Gasteiger partial charge in [0.05, 0.1) is 0 Å². The lowest BCUT2D eigenvalue weighted by atomic mass is 10.1. The quantitative estimate of drug-likeness (QED) is 0.678. The highest BCUT2D eigenvalue weighted by Crippen LogP contribution is 2.19. The lowest BCUT2D eigenvalue weighted by Crippen LogP contribution is -2.30. The molecule has 1 N–H and O–H groups in total. The summed E-state index contributed by atoms with van der Waals surface area (Å²) < 4.78 is 5.05. The average molecular weight is 275 g/mol. The molecular weight excluding hydrogens is 254 g/mol. The van der Waals surface area contributed by atoms with E-state index in [1.165, 1.54) is 6.08 Å². The molecule has 4 heteroatoms. The predicted octanol–water partition coefficient (Wildman–Crippen LogP) is 3.14. The molecule has 1 unspecified atom stereocenters. The SMILES string of the molecule is CC(C)=CC(=O)OC(C)C(=O)Nc1c(C)cccc1C. The first-order chi connectivity index (χ1) is 9.31. The van der Waals surface area contributed by atoms with Crippen molar-refractivity contribution in [1.82, 2.24) is 0 Å². The van der Waals surface area contributed by atoms with Gasteiger partial charge >= 0.3 is 5.97 Å². The third-order valence-corrected chi connectivity index (χ3v) is 2.80. The Bertz CT molecular complexity index is 522. The number of allylic oxidation sites excluding steroid dienone is 1. The van der Waals surface area contributed by atoms with Gasteiger partial charge in [-0.3, -0.25) is 4.79 Å². The largest absolute Gasteiger partial charge is 0.449 e. The molecule has 0 saturated heterocycles. The highest BCUT2D eigenvalue weighted by molar-refractivity contribution is 5.97. The van der Waals surface area contributed by atoms with Crippen LogP contribution in [-0.2, 0) is 14.3 Å². The fourth-order valence-corrected chi connectivity index (χ4v) is 1.73. The van der Waals surface area contributed by atoms with Crippen LogP contribution in [0.3, 0.4) is 0 Å². The van der Waals surface area contributed by atoms with Crippen molar-refractivity contribution >= 4 is 17.6 Å². The average Bonchev–Trinajstić information content (AvgIpc) is 2.32. The van der Waals surface area contributed by atoms with Crippen LogP contribution < -0.4 is 5.32 Å². The number of carbonyl (C=O) groups excluding carboxylic acids is 2. The molecule has 4 nitrogen and oxygen atoms in total. The minimum absolute atomic E-state index is 0.335. The van der Waals surface area contributed by atoms with E-state index in [1.54, 1.807) is 20.8 Å². The smallest absolute Gasteiger partial charge is 0.331 e. The van der Waals surface area contributed by atoms with Gasteiger partial charge in [0.15, 0.2) is 6.10 Å². The fraction of sp³-hybridized carbons (Fsp3) is 0.375. The summed E-state index contributed by atoms with van der Waals surface area (Å²) in [6.07, 6.45) is 0.528. The topological polar surface area (TPSA) is 55.4 Å². The Hall–Kier alpha value is -2.10. The Morgan fingerprint density at radius 3 is 2.25 bits per heavy atom. The molecule has 20 heavy (non-hydrogen) atoms. The second kappa shape index (κ2) is 6.89. The van der Waals surface area contributed by atoms with Crippen molar-refractivity contribution in [3.8, 4) is 0 Å². The van der Waals surface area contributed by atoms with Crippen LogP contribution in [0.25, 0.3) is 0 Å². The molecule has 1 aromatic carbocycles. The number of carbonyl (C=O) groups is 2. The van der Waals surface area contributed by atoms with Crippen LogP contribution in [0.15, 0.2) is 29.8 Å². The first kappa shape index (κ1) is 16.0. The molecule has 1 amide bonds. The maximum absolute atomic E-state index is 12.0. The summed E-state index contributed by atoms with van der Waals surface area (Å²) in [6, 6.07) is 5.77. The maximum atomic E-state index is 12.0. The van der Waals surface area contributed by atoms with Crippen LogP contribution in [0.5, 0.6) is 0 Å². The van der Waals surface area contributed by atoms with Crippen molar-refractivity contribution in [3.63, 3.8) is 0 Å². The van der Waals surface area contributed by atoms with Gasteiger partial charge in [-0.15, -0.1) is 0 Å². The van der Waals surface area contributed by atoms with Gasteiger partial charge in [-0.25, -0.2) is 4.79 Å². The Morgan fingerprint density at radius 2 is 1.75 bits per heavy atom. The van der Waals surface area contributed by atoms with Gasteiger partial charge < -0.3 is 10.1 Å². The van der Waals surface area contributed by atoms with Gasteiger partial charge in [0, 0.05) is 11.8 Å². The van der Waals surface area contributed by atoms with Crippen LogP contribution in [0, 0.1) is 13.8 Å². The van der Waals surface area contributed by atoms with E-state index in [2.05, 4.69) is 5.32 Å². The summed E-state index contributed by atoms with van der Waals surface area (Å²) in [5.74, 6) is -0.841. The minimum atomic E-state index is -0.836. The Labute approximate surface area is 119 Å². The van der Waals surface area contributed by atoms with Gasteiger partial charge in [0.1, 0.15) is 0 Å². The summed E-state index contributed by atoms with van der Waals surface area (Å²) in [7, 11) is 0. The molecule has 0 spiro atoms. The number of hydrogen-bond acceptors (Lipinski definition) is 3. The number of para-hydroxylation sites is 1. The standard InChI is InChI=1S/C16H21NO3/c1-10(2)9-14(18)20-13(5)16(19)17-15-11(3)7-6-8-12(15)4/h6-9,13H,1-5H3,(H,17,19). The monoisotopic (exact) mass is 275 g/mol. The van der Waals surface area contributed by atoms with E-state index in [1.807, 2.05) is 32.0 Å². The fourth-order valence-electron chi connectivity index (χ4n) is 1.73. The molecule has 0 aromatic heterocycles. The van der Waals surface area contributed by atoms with Gasteiger partial charge in [-0.05, 0) is 45.7 Å². The minimum Gasteiger partial charge on any atom is -0.449 e. The zero-order chi connectivity index (χ0) is 15.3. The van der Waals surface area contributed by atoms with Crippen LogP contribution >= 0.6 is 0 Å². The van der Waals surface area contributed by atoms with Crippen molar-refractivity contribution in [2.75, 3.05) is 5.32 Å². The van der Waals surface area contributed by atoms with Crippen molar-refractivity contribution in [3.05, 3.63) is 41.0 Å². The van der Waals surface area contributed by atoms with Crippen LogP contribution in [0.4, 0.5) is 5.69 Å². The van der Waals surface area contributed by atoms with E-state index in [-0.39, 0.29) is 5.91 Å². The van der Waals surface area contributed by atoms with E-state index >= 15 is 0 Å². The molecule has 1 atom stereocenters. The third kappa shape index (κ3) is 4.53. The van der Waals surface area contributed by atoms with Crippen molar-refractivity contribution < 1.29 is 14.3 Å². The lowest BCUT2D eigenvalue weighted by Gasteiger charge is -2.15. The van der Waals surface area contributed by atoms with Gasteiger partial charge in [-0.2, -0.15) is 0 Å². The summed E-state index contributed by atoms with van der Waals surface area (Å²) >= 11 is 0. The Morgan fingerprint density at radius 1 is 1.20 bits per heavy atom. The molecular formula is C16H21NO3. The highest BCUT2D eigenvalue weighted by Gasteiger charge is 2.18. The second-order valence-corrected chi connectivity index (χ2v) is 5.06.